The molecule has 3 nitrogen and oxygen atoms in total. The molecule has 18 heavy (non-hydrogen) atoms. The average Bonchev–Trinajstić information content (AvgIpc) is 2.82. The molecule has 0 saturated carbocycles. The van der Waals surface area contributed by atoms with E-state index in [0.29, 0.717) is 15.8 Å². The van der Waals surface area contributed by atoms with Crippen LogP contribution >= 0.6 is 23.2 Å². The molecule has 1 heterocycles. The van der Waals surface area contributed by atoms with E-state index in [2.05, 4.69) is 16.8 Å². The van der Waals surface area contributed by atoms with Gasteiger partial charge in [0.05, 0.1) is 16.6 Å². The minimum atomic E-state index is -0.148. The number of aliphatic imine (C=N–C) groups is 1. The zero-order chi connectivity index (χ0) is 13.1. The van der Waals surface area contributed by atoms with Crippen LogP contribution in [0.1, 0.15) is 13.8 Å². The normalized spacial score (nSPS) is 16.7. The number of likely N-dealkylation sites (N-methyl/N-ethyl adjacent to an activating group) is 1. The molecule has 0 amide bonds. The summed E-state index contributed by atoms with van der Waals surface area (Å²) in [6, 6.07) is 5.33. The molecule has 1 atom stereocenters. The Kier molecular flexibility index (Phi) is 4.36. The summed E-state index contributed by atoms with van der Waals surface area (Å²) in [5.74, 6) is 1.49. The standard InChI is InChI=1S/C13H16Cl2N2O/c1-3-17-8-7-16-13(17)9(2)18-12-10(14)5-4-6-11(12)15/h4-6,9H,3,7-8H2,1-2H3. The SMILES string of the molecule is CCN1CCN=C1C(C)Oc1c(Cl)cccc1Cl. The molecule has 1 aliphatic heterocycles. The van der Waals surface area contributed by atoms with Crippen molar-refractivity contribution in [3.05, 3.63) is 28.2 Å². The molecule has 0 aliphatic carbocycles. The third-order valence-corrected chi connectivity index (χ3v) is 3.52. The molecule has 1 unspecified atom stereocenters. The molecule has 2 rings (SSSR count). The third-order valence-electron chi connectivity index (χ3n) is 2.93. The minimum Gasteiger partial charge on any atom is -0.480 e. The van der Waals surface area contributed by atoms with Crippen molar-refractivity contribution in [3.8, 4) is 5.75 Å². The molecule has 0 aromatic heterocycles. The first-order valence-electron chi connectivity index (χ1n) is 6.03. The van der Waals surface area contributed by atoms with E-state index in [1.807, 2.05) is 6.92 Å². The van der Waals surface area contributed by atoms with E-state index in [0.717, 1.165) is 25.5 Å². The largest absolute Gasteiger partial charge is 0.480 e. The van der Waals surface area contributed by atoms with Crippen LogP contribution in [0.15, 0.2) is 23.2 Å². The summed E-state index contributed by atoms with van der Waals surface area (Å²) < 4.78 is 5.86. The highest BCUT2D eigenvalue weighted by Gasteiger charge is 2.23. The predicted molar refractivity (Wildman–Crippen MR) is 76.1 cm³/mol. The van der Waals surface area contributed by atoms with Crippen molar-refractivity contribution in [3.63, 3.8) is 0 Å². The van der Waals surface area contributed by atoms with Gasteiger partial charge >= 0.3 is 0 Å². The van der Waals surface area contributed by atoms with Crippen LogP contribution < -0.4 is 4.74 Å². The lowest BCUT2D eigenvalue weighted by Gasteiger charge is -2.24. The Balaban J connectivity index is 2.14. The summed E-state index contributed by atoms with van der Waals surface area (Å²) in [5.41, 5.74) is 0. The Bertz CT molecular complexity index is 442. The van der Waals surface area contributed by atoms with Gasteiger partial charge in [0.1, 0.15) is 5.84 Å². The molecule has 0 fully saturated rings. The Morgan fingerprint density at radius 2 is 2.06 bits per heavy atom. The molecule has 1 aromatic rings. The van der Waals surface area contributed by atoms with Crippen molar-refractivity contribution in [2.24, 2.45) is 4.99 Å². The highest BCUT2D eigenvalue weighted by Crippen LogP contribution is 2.33. The lowest BCUT2D eigenvalue weighted by atomic mass is 10.3. The maximum atomic E-state index is 6.09. The Labute approximate surface area is 117 Å². The van der Waals surface area contributed by atoms with Gasteiger partial charge < -0.3 is 9.64 Å². The molecule has 0 spiro atoms. The Morgan fingerprint density at radius 1 is 1.39 bits per heavy atom. The van der Waals surface area contributed by atoms with Gasteiger partial charge in [-0.3, -0.25) is 4.99 Å². The Hall–Kier alpha value is -0.930. The van der Waals surface area contributed by atoms with Crippen molar-refractivity contribution in [1.29, 1.82) is 0 Å². The summed E-state index contributed by atoms with van der Waals surface area (Å²) in [6.07, 6.45) is -0.148. The van der Waals surface area contributed by atoms with E-state index in [-0.39, 0.29) is 6.10 Å². The number of para-hydroxylation sites is 1. The number of hydrogen-bond donors (Lipinski definition) is 0. The van der Waals surface area contributed by atoms with Gasteiger partial charge in [0, 0.05) is 13.1 Å². The van der Waals surface area contributed by atoms with Crippen LogP contribution in [-0.2, 0) is 0 Å². The van der Waals surface area contributed by atoms with Crippen molar-refractivity contribution in [2.75, 3.05) is 19.6 Å². The second-order valence-corrected chi connectivity index (χ2v) is 4.94. The van der Waals surface area contributed by atoms with Gasteiger partial charge in [-0.1, -0.05) is 29.3 Å². The summed E-state index contributed by atoms with van der Waals surface area (Å²) in [7, 11) is 0. The molecule has 0 radical (unpaired) electrons. The van der Waals surface area contributed by atoms with Crippen LogP contribution in [-0.4, -0.2) is 36.5 Å². The molecule has 0 saturated heterocycles. The topological polar surface area (TPSA) is 24.8 Å². The van der Waals surface area contributed by atoms with Crippen molar-refractivity contribution in [2.45, 2.75) is 20.0 Å². The first kappa shape index (κ1) is 13.5. The van der Waals surface area contributed by atoms with Crippen LogP contribution in [0.25, 0.3) is 0 Å². The summed E-state index contributed by atoms with van der Waals surface area (Å²) in [4.78, 5) is 6.68. The number of halogens is 2. The predicted octanol–water partition coefficient (Wildman–Crippen LogP) is 3.49. The summed E-state index contributed by atoms with van der Waals surface area (Å²) in [5, 5.41) is 1.05. The highest BCUT2D eigenvalue weighted by atomic mass is 35.5. The molecule has 0 bridgehead atoms. The summed E-state index contributed by atoms with van der Waals surface area (Å²) >= 11 is 12.2. The number of benzene rings is 1. The highest BCUT2D eigenvalue weighted by molar-refractivity contribution is 6.37. The smallest absolute Gasteiger partial charge is 0.157 e. The number of nitrogens with zero attached hydrogens (tertiary/aromatic N) is 2. The van der Waals surface area contributed by atoms with Crippen molar-refractivity contribution >= 4 is 29.0 Å². The van der Waals surface area contributed by atoms with Crippen molar-refractivity contribution in [1.82, 2.24) is 4.90 Å². The maximum absolute atomic E-state index is 6.09. The Morgan fingerprint density at radius 3 is 2.67 bits per heavy atom. The fraction of sp³-hybridized carbons (Fsp3) is 0.462. The molecule has 1 aliphatic rings. The zero-order valence-electron chi connectivity index (χ0n) is 10.5. The van der Waals surface area contributed by atoms with Crippen LogP contribution in [0.3, 0.4) is 0 Å². The quantitative estimate of drug-likeness (QED) is 0.846. The number of hydrogen-bond acceptors (Lipinski definition) is 3. The van der Waals surface area contributed by atoms with E-state index < -0.39 is 0 Å². The van der Waals surface area contributed by atoms with Crippen LogP contribution in [0.2, 0.25) is 10.0 Å². The van der Waals surface area contributed by atoms with Crippen LogP contribution in [0, 0.1) is 0 Å². The summed E-state index contributed by atoms with van der Waals surface area (Å²) in [6.45, 7) is 6.79. The molecule has 5 heteroatoms. The van der Waals surface area contributed by atoms with E-state index in [9.17, 15) is 0 Å². The van der Waals surface area contributed by atoms with E-state index in [1.54, 1.807) is 18.2 Å². The molecule has 0 N–H and O–H groups in total. The van der Waals surface area contributed by atoms with E-state index in [4.69, 9.17) is 27.9 Å². The lowest BCUT2D eigenvalue weighted by Crippen LogP contribution is -2.37. The van der Waals surface area contributed by atoms with Gasteiger partial charge in [-0.05, 0) is 26.0 Å². The fourth-order valence-corrected chi connectivity index (χ4v) is 2.52. The van der Waals surface area contributed by atoms with E-state index in [1.165, 1.54) is 0 Å². The second-order valence-electron chi connectivity index (χ2n) is 4.13. The van der Waals surface area contributed by atoms with E-state index >= 15 is 0 Å². The lowest BCUT2D eigenvalue weighted by molar-refractivity contribution is 0.268. The monoisotopic (exact) mass is 286 g/mol. The van der Waals surface area contributed by atoms with Crippen LogP contribution in [0.4, 0.5) is 0 Å². The zero-order valence-corrected chi connectivity index (χ0v) is 12.0. The number of ether oxygens (including phenoxy) is 1. The number of amidine groups is 1. The molecule has 1 aromatic carbocycles. The van der Waals surface area contributed by atoms with Gasteiger partial charge in [-0.15, -0.1) is 0 Å². The first-order chi connectivity index (χ1) is 8.63. The average molecular weight is 287 g/mol. The van der Waals surface area contributed by atoms with Gasteiger partial charge in [-0.2, -0.15) is 0 Å². The van der Waals surface area contributed by atoms with Crippen molar-refractivity contribution < 1.29 is 4.74 Å². The molecular formula is C13H16Cl2N2O. The molecule has 98 valence electrons. The number of rotatable bonds is 4. The van der Waals surface area contributed by atoms with Crippen LogP contribution in [0.5, 0.6) is 5.75 Å². The van der Waals surface area contributed by atoms with Gasteiger partial charge in [0.2, 0.25) is 0 Å². The second kappa shape index (κ2) is 5.81. The molecular weight excluding hydrogens is 271 g/mol. The fourth-order valence-electron chi connectivity index (χ4n) is 2.03. The first-order valence-corrected chi connectivity index (χ1v) is 6.79. The van der Waals surface area contributed by atoms with Gasteiger partial charge in [-0.25, -0.2) is 0 Å². The van der Waals surface area contributed by atoms with Gasteiger partial charge in [0.25, 0.3) is 0 Å². The maximum Gasteiger partial charge on any atom is 0.157 e. The van der Waals surface area contributed by atoms with Gasteiger partial charge in [0.15, 0.2) is 11.9 Å². The minimum absolute atomic E-state index is 0.148. The third kappa shape index (κ3) is 2.73.